The van der Waals surface area contributed by atoms with Gasteiger partial charge in [0.2, 0.25) is 0 Å². The van der Waals surface area contributed by atoms with E-state index >= 15 is 4.39 Å². The van der Waals surface area contributed by atoms with Crippen LogP contribution in [0.1, 0.15) is 16.7 Å². The summed E-state index contributed by atoms with van der Waals surface area (Å²) in [6.45, 7) is 1.26. The minimum atomic E-state index is -3.22. The molecule has 0 bridgehead atoms. The summed E-state index contributed by atoms with van der Waals surface area (Å²) in [6, 6.07) is 21.3. The highest BCUT2D eigenvalue weighted by atomic mass is 32.2. The van der Waals surface area contributed by atoms with E-state index in [9.17, 15) is 12.8 Å². The molecular formula is C35H29F2N7O2S. The van der Waals surface area contributed by atoms with Crippen LogP contribution in [0.4, 0.5) is 8.78 Å². The van der Waals surface area contributed by atoms with Crippen molar-refractivity contribution in [3.63, 3.8) is 0 Å². The second-order valence-corrected chi connectivity index (χ2v) is 13.7. The summed E-state index contributed by atoms with van der Waals surface area (Å²) in [5, 5.41) is 11.4. The van der Waals surface area contributed by atoms with Gasteiger partial charge in [0, 0.05) is 66.1 Å². The van der Waals surface area contributed by atoms with Gasteiger partial charge >= 0.3 is 0 Å². The number of benzene rings is 3. The Morgan fingerprint density at radius 3 is 2.47 bits per heavy atom. The third-order valence-electron chi connectivity index (χ3n) is 7.88. The van der Waals surface area contributed by atoms with Gasteiger partial charge in [-0.05, 0) is 59.5 Å². The van der Waals surface area contributed by atoms with E-state index in [4.69, 9.17) is 4.98 Å². The number of imidazole rings is 1. The maximum Gasteiger partial charge on any atom is 0.159 e. The van der Waals surface area contributed by atoms with Crippen molar-refractivity contribution in [2.24, 2.45) is 0 Å². The molecule has 0 atom stereocenters. The van der Waals surface area contributed by atoms with Gasteiger partial charge in [0.05, 0.1) is 22.5 Å². The van der Waals surface area contributed by atoms with Crippen molar-refractivity contribution in [1.82, 2.24) is 35.5 Å². The lowest BCUT2D eigenvalue weighted by atomic mass is 10.0. The van der Waals surface area contributed by atoms with Crippen molar-refractivity contribution >= 4 is 31.8 Å². The van der Waals surface area contributed by atoms with Crippen LogP contribution in [0.15, 0.2) is 91.4 Å². The molecule has 0 aliphatic heterocycles. The van der Waals surface area contributed by atoms with Crippen LogP contribution in [0, 0.1) is 11.6 Å². The van der Waals surface area contributed by atoms with Gasteiger partial charge in [-0.3, -0.25) is 15.1 Å². The maximum absolute atomic E-state index is 15.4. The van der Waals surface area contributed by atoms with Gasteiger partial charge in [0.1, 0.15) is 32.7 Å². The Morgan fingerprint density at radius 2 is 1.64 bits per heavy atom. The summed E-state index contributed by atoms with van der Waals surface area (Å²) < 4.78 is 53.5. The topological polar surface area (TPSA) is 129 Å². The molecule has 3 N–H and O–H groups in total. The Hall–Kier alpha value is -5.33. The molecule has 0 unspecified atom stereocenters. The van der Waals surface area contributed by atoms with Crippen LogP contribution < -0.4 is 5.32 Å². The zero-order chi connectivity index (χ0) is 32.5. The summed E-state index contributed by atoms with van der Waals surface area (Å²) >= 11 is 0. The number of nitrogens with one attached hydrogen (secondary N) is 3. The zero-order valence-electron chi connectivity index (χ0n) is 25.3. The van der Waals surface area contributed by atoms with E-state index < -0.39 is 21.5 Å². The number of halogens is 2. The lowest BCUT2D eigenvalue weighted by Gasteiger charge is -2.08. The molecule has 3 aromatic carbocycles. The molecule has 47 heavy (non-hydrogen) atoms. The normalized spacial score (nSPS) is 11.9. The van der Waals surface area contributed by atoms with Crippen molar-refractivity contribution < 1.29 is 17.2 Å². The molecule has 0 saturated carbocycles. The molecule has 0 aliphatic rings. The molecule has 236 valence electrons. The average Bonchev–Trinajstić information content (AvgIpc) is 3.67. The molecule has 0 saturated heterocycles. The van der Waals surface area contributed by atoms with E-state index in [1.54, 1.807) is 36.8 Å². The van der Waals surface area contributed by atoms with Gasteiger partial charge < -0.3 is 10.3 Å². The van der Waals surface area contributed by atoms with Gasteiger partial charge in [-0.25, -0.2) is 22.2 Å². The molecule has 4 aromatic heterocycles. The number of aryl methyl sites for hydroxylation is 1. The molecular weight excluding hydrogens is 620 g/mol. The van der Waals surface area contributed by atoms with Crippen LogP contribution in [0.3, 0.4) is 0 Å². The van der Waals surface area contributed by atoms with Gasteiger partial charge in [-0.2, -0.15) is 5.10 Å². The first-order chi connectivity index (χ1) is 22.7. The van der Waals surface area contributed by atoms with Crippen molar-refractivity contribution in [3.05, 3.63) is 120 Å². The predicted molar refractivity (Wildman–Crippen MR) is 178 cm³/mol. The lowest BCUT2D eigenvalue weighted by molar-refractivity contribution is 0.600. The molecule has 4 heterocycles. The van der Waals surface area contributed by atoms with Crippen molar-refractivity contribution in [2.75, 3.05) is 12.0 Å². The summed E-state index contributed by atoms with van der Waals surface area (Å²) in [5.74, 6) is -0.596. The van der Waals surface area contributed by atoms with Crippen LogP contribution >= 0.6 is 0 Å². The fourth-order valence-corrected chi connectivity index (χ4v) is 6.22. The summed E-state index contributed by atoms with van der Waals surface area (Å²) in [7, 11) is -3.22. The van der Waals surface area contributed by atoms with Crippen molar-refractivity contribution in [2.45, 2.75) is 19.5 Å². The minimum Gasteiger partial charge on any atom is -0.336 e. The lowest BCUT2D eigenvalue weighted by Crippen LogP contribution is -2.12. The third-order valence-corrected chi connectivity index (χ3v) is 8.82. The highest BCUT2D eigenvalue weighted by Gasteiger charge is 2.19. The second-order valence-electron chi connectivity index (χ2n) is 11.5. The van der Waals surface area contributed by atoms with Gasteiger partial charge in [-0.15, -0.1) is 0 Å². The number of pyridine rings is 2. The fourth-order valence-electron chi connectivity index (χ4n) is 5.61. The predicted octanol–water partition coefficient (Wildman–Crippen LogP) is 6.39. The first kappa shape index (κ1) is 30.3. The minimum absolute atomic E-state index is 0.0968. The quantitative estimate of drug-likeness (QED) is 0.157. The fraction of sp³-hybridized carbons (Fsp3) is 0.143. The van der Waals surface area contributed by atoms with E-state index in [1.807, 2.05) is 24.3 Å². The monoisotopic (exact) mass is 649 g/mol. The van der Waals surface area contributed by atoms with Crippen LogP contribution in [-0.2, 0) is 29.3 Å². The largest absolute Gasteiger partial charge is 0.336 e. The molecule has 0 amide bonds. The molecule has 0 fully saturated rings. The van der Waals surface area contributed by atoms with Gasteiger partial charge in [-0.1, -0.05) is 30.3 Å². The van der Waals surface area contributed by atoms with E-state index in [0.29, 0.717) is 74.5 Å². The number of H-pyrrole nitrogens is 2. The average molecular weight is 650 g/mol. The standard InChI is InChI=1S/C35H29F2N7O2S/c1-47(45,46)10-8-22-11-24(14-26(36)13-22)32-34-30(7-9-40-32)41-35(42-34)33-28-15-27(29(37)16-31(28)43-44-33)25-12-23(19-39-20-25)18-38-17-21-5-3-2-4-6-21/h2-7,9,11-16,19-20,38H,8,10,17-18H2,1H3,(H,41,42)(H,43,44). The zero-order valence-corrected chi connectivity index (χ0v) is 26.1. The van der Waals surface area contributed by atoms with E-state index in [-0.39, 0.29) is 12.2 Å². The molecule has 0 spiro atoms. The molecule has 7 aromatic rings. The number of hydrogen-bond donors (Lipinski definition) is 3. The van der Waals surface area contributed by atoms with Crippen LogP contribution in [0.2, 0.25) is 0 Å². The summed E-state index contributed by atoms with van der Waals surface area (Å²) in [5.41, 5.74) is 6.63. The number of hydrogen-bond acceptors (Lipinski definition) is 7. The Morgan fingerprint density at radius 1 is 0.830 bits per heavy atom. The smallest absolute Gasteiger partial charge is 0.159 e. The van der Waals surface area contributed by atoms with Crippen LogP contribution in [0.5, 0.6) is 0 Å². The molecule has 7 rings (SSSR count). The number of aromatic amines is 2. The molecule has 12 heteroatoms. The number of rotatable bonds is 10. The number of nitrogens with zero attached hydrogens (tertiary/aromatic N) is 4. The Balaban J connectivity index is 1.21. The summed E-state index contributed by atoms with van der Waals surface area (Å²) in [6.07, 6.45) is 6.30. The van der Waals surface area contributed by atoms with Crippen molar-refractivity contribution in [3.8, 4) is 33.9 Å². The number of fused-ring (bicyclic) bond motifs is 2. The van der Waals surface area contributed by atoms with E-state index in [2.05, 4.69) is 42.6 Å². The highest BCUT2D eigenvalue weighted by molar-refractivity contribution is 7.90. The Labute approximate surface area is 269 Å². The Bertz CT molecular complexity index is 2360. The maximum atomic E-state index is 15.4. The second kappa shape index (κ2) is 12.5. The molecule has 0 radical (unpaired) electrons. The van der Waals surface area contributed by atoms with Crippen LogP contribution in [-0.4, -0.2) is 50.6 Å². The van der Waals surface area contributed by atoms with Gasteiger partial charge in [0.15, 0.2) is 5.82 Å². The first-order valence-electron chi connectivity index (χ1n) is 14.9. The molecule has 9 nitrogen and oxygen atoms in total. The van der Waals surface area contributed by atoms with E-state index in [1.165, 1.54) is 23.8 Å². The third kappa shape index (κ3) is 6.64. The van der Waals surface area contributed by atoms with Crippen LogP contribution in [0.25, 0.3) is 55.8 Å². The molecule has 0 aliphatic carbocycles. The Kier molecular flexibility index (Phi) is 8.04. The summed E-state index contributed by atoms with van der Waals surface area (Å²) in [4.78, 5) is 16.9. The van der Waals surface area contributed by atoms with E-state index in [0.717, 1.165) is 11.8 Å². The number of sulfone groups is 1. The highest BCUT2D eigenvalue weighted by Crippen LogP contribution is 2.34. The SMILES string of the molecule is CS(=O)(=O)CCc1cc(F)cc(-c2nccc3[nH]c(-c4n[nH]c5cc(F)c(-c6cncc(CNCc7ccccc7)c6)cc45)nc23)c1. The van der Waals surface area contributed by atoms with Crippen molar-refractivity contribution in [1.29, 1.82) is 0 Å². The van der Waals surface area contributed by atoms with Gasteiger partial charge in [0.25, 0.3) is 0 Å². The first-order valence-corrected chi connectivity index (χ1v) is 17.0. The number of aromatic nitrogens is 6.